The second-order valence-corrected chi connectivity index (χ2v) is 5.98. The molecule has 1 aromatic heterocycles. The third-order valence-corrected chi connectivity index (χ3v) is 3.66. The summed E-state index contributed by atoms with van der Waals surface area (Å²) in [6.07, 6.45) is 3.21. The van der Waals surface area contributed by atoms with Crippen LogP contribution in [-0.2, 0) is 4.79 Å². The molecule has 2 aromatic rings. The number of rotatable bonds is 7. The molecule has 0 spiro atoms. The Balaban J connectivity index is 2.25. The molecule has 0 fully saturated rings. The molecule has 0 radical (unpaired) electrons. The van der Waals surface area contributed by atoms with Crippen LogP contribution in [0.3, 0.4) is 0 Å². The Morgan fingerprint density at radius 2 is 2.19 bits per heavy atom. The summed E-state index contributed by atoms with van der Waals surface area (Å²) in [5.41, 5.74) is 3.15. The minimum Gasteiger partial charge on any atom is -0.493 e. The van der Waals surface area contributed by atoms with E-state index in [9.17, 15) is 9.59 Å². The number of hydrogen-bond acceptors (Lipinski definition) is 6. The van der Waals surface area contributed by atoms with Gasteiger partial charge in [0.25, 0.3) is 5.91 Å². The summed E-state index contributed by atoms with van der Waals surface area (Å²) in [5.74, 6) is -1.03. The van der Waals surface area contributed by atoms with Crippen molar-refractivity contribution >= 4 is 34.0 Å². The molecule has 0 saturated carbocycles. The number of ether oxygens (including phenoxy) is 2. The smallest absolute Gasteiger partial charge is 0.344 e. The summed E-state index contributed by atoms with van der Waals surface area (Å²) in [4.78, 5) is 26.9. The molecule has 2 N–H and O–H groups in total. The van der Waals surface area contributed by atoms with Gasteiger partial charge < -0.3 is 14.6 Å². The van der Waals surface area contributed by atoms with Gasteiger partial charge in [0.2, 0.25) is 0 Å². The largest absolute Gasteiger partial charge is 0.493 e. The van der Waals surface area contributed by atoms with Gasteiger partial charge in [-0.05, 0) is 31.2 Å². The molecule has 8 nitrogen and oxygen atoms in total. The first-order chi connectivity index (χ1) is 12.4. The van der Waals surface area contributed by atoms with Crippen LogP contribution in [0.25, 0.3) is 0 Å². The van der Waals surface area contributed by atoms with Crippen molar-refractivity contribution in [3.05, 3.63) is 52.3 Å². The molecule has 1 aromatic carbocycles. The fraction of sp³-hybridized carbons (Fsp3) is 0.176. The second-order valence-electron chi connectivity index (χ2n) is 5.07. The van der Waals surface area contributed by atoms with E-state index in [1.165, 1.54) is 26.4 Å². The van der Waals surface area contributed by atoms with Crippen LogP contribution in [0.4, 0.5) is 0 Å². The van der Waals surface area contributed by atoms with Crippen molar-refractivity contribution in [2.24, 2.45) is 5.10 Å². The van der Waals surface area contributed by atoms with Crippen molar-refractivity contribution in [2.75, 3.05) is 7.11 Å². The zero-order valence-corrected chi connectivity index (χ0v) is 15.6. The van der Waals surface area contributed by atoms with E-state index >= 15 is 0 Å². The predicted octanol–water partition coefficient (Wildman–Crippen LogP) is 2.47. The third-order valence-electron chi connectivity index (χ3n) is 3.20. The van der Waals surface area contributed by atoms with Gasteiger partial charge in [0.15, 0.2) is 17.6 Å². The molecule has 2 rings (SSSR count). The molecule has 1 atom stereocenters. The first-order valence-electron chi connectivity index (χ1n) is 7.42. The molecule has 136 valence electrons. The summed E-state index contributed by atoms with van der Waals surface area (Å²) >= 11 is 3.33. The number of carbonyl (C=O) groups is 2. The number of hydrogen-bond donors (Lipinski definition) is 2. The maximum atomic E-state index is 12.0. The molecule has 1 amide bonds. The van der Waals surface area contributed by atoms with Crippen molar-refractivity contribution in [2.45, 2.75) is 13.0 Å². The van der Waals surface area contributed by atoms with E-state index in [2.05, 4.69) is 31.4 Å². The van der Waals surface area contributed by atoms with Crippen LogP contribution in [0.1, 0.15) is 22.8 Å². The molecule has 26 heavy (non-hydrogen) atoms. The number of aromatic nitrogens is 1. The molecular formula is C17H16BrN3O5. The summed E-state index contributed by atoms with van der Waals surface area (Å²) < 4.78 is 11.4. The molecular weight excluding hydrogens is 406 g/mol. The third kappa shape index (κ3) is 5.03. The number of pyridine rings is 1. The molecule has 1 unspecified atom stereocenters. The van der Waals surface area contributed by atoms with Gasteiger partial charge in [-0.2, -0.15) is 5.10 Å². The van der Waals surface area contributed by atoms with E-state index < -0.39 is 18.0 Å². The molecule has 0 aliphatic carbocycles. The van der Waals surface area contributed by atoms with Gasteiger partial charge in [0.05, 0.1) is 18.9 Å². The van der Waals surface area contributed by atoms with Crippen LogP contribution < -0.4 is 14.9 Å². The molecule has 1 heterocycles. The Labute approximate surface area is 158 Å². The lowest BCUT2D eigenvalue weighted by molar-refractivity contribution is -0.144. The van der Waals surface area contributed by atoms with Crippen molar-refractivity contribution in [1.29, 1.82) is 0 Å². The van der Waals surface area contributed by atoms with Crippen molar-refractivity contribution in [3.8, 4) is 11.5 Å². The standard InChI is InChI=1S/C17H16BrN3O5/c1-10(17(23)24)26-15-12(6-13(18)7-14(15)25-2)9-20-21-16(22)11-4-3-5-19-8-11/h3-10H,1-2H3,(H,21,22)(H,23,24). The van der Waals surface area contributed by atoms with Crippen LogP contribution in [0, 0.1) is 0 Å². The number of carboxylic acid groups (broad SMARTS) is 1. The zero-order valence-electron chi connectivity index (χ0n) is 14.0. The Kier molecular flexibility index (Phi) is 6.67. The average molecular weight is 422 g/mol. The quantitative estimate of drug-likeness (QED) is 0.524. The van der Waals surface area contributed by atoms with Gasteiger partial charge >= 0.3 is 5.97 Å². The Bertz CT molecular complexity index is 827. The fourth-order valence-electron chi connectivity index (χ4n) is 1.91. The number of nitrogens with one attached hydrogen (secondary N) is 1. The molecule has 0 aliphatic rings. The van der Waals surface area contributed by atoms with Gasteiger partial charge in [0, 0.05) is 22.4 Å². The number of aliphatic carboxylic acids is 1. The number of hydrazone groups is 1. The SMILES string of the molecule is COc1cc(Br)cc(C=NNC(=O)c2cccnc2)c1OC(C)C(=O)O. The number of carbonyl (C=O) groups excluding carboxylic acids is 1. The van der Waals surface area contributed by atoms with Crippen molar-refractivity contribution in [1.82, 2.24) is 10.4 Å². The van der Waals surface area contributed by atoms with E-state index in [1.807, 2.05) is 0 Å². The lowest BCUT2D eigenvalue weighted by atomic mass is 10.2. The highest BCUT2D eigenvalue weighted by Gasteiger charge is 2.19. The van der Waals surface area contributed by atoms with E-state index in [0.29, 0.717) is 21.3 Å². The molecule has 9 heteroatoms. The van der Waals surface area contributed by atoms with Crippen LogP contribution in [0.5, 0.6) is 11.5 Å². The maximum Gasteiger partial charge on any atom is 0.344 e. The van der Waals surface area contributed by atoms with E-state index in [4.69, 9.17) is 14.6 Å². The molecule has 0 aliphatic heterocycles. The molecule has 0 saturated heterocycles. The van der Waals surface area contributed by atoms with Gasteiger partial charge in [-0.3, -0.25) is 9.78 Å². The first kappa shape index (κ1) is 19.4. The first-order valence-corrected chi connectivity index (χ1v) is 8.22. The number of amides is 1. The maximum absolute atomic E-state index is 12.0. The molecule has 0 bridgehead atoms. The average Bonchev–Trinajstić information content (AvgIpc) is 2.63. The summed E-state index contributed by atoms with van der Waals surface area (Å²) in [6.45, 7) is 1.40. The Morgan fingerprint density at radius 1 is 1.42 bits per heavy atom. The minimum absolute atomic E-state index is 0.199. The predicted molar refractivity (Wildman–Crippen MR) is 97.7 cm³/mol. The van der Waals surface area contributed by atoms with E-state index in [-0.39, 0.29) is 5.75 Å². The lowest BCUT2D eigenvalue weighted by Gasteiger charge is -2.16. The van der Waals surface area contributed by atoms with E-state index in [0.717, 1.165) is 0 Å². The van der Waals surface area contributed by atoms with Gasteiger partial charge in [-0.1, -0.05) is 15.9 Å². The Hall–Kier alpha value is -2.94. The summed E-state index contributed by atoms with van der Waals surface area (Å²) in [5, 5.41) is 12.9. The topological polar surface area (TPSA) is 110 Å². The van der Waals surface area contributed by atoms with Gasteiger partial charge in [0.1, 0.15) is 0 Å². The normalized spacial score (nSPS) is 11.8. The van der Waals surface area contributed by atoms with Crippen LogP contribution in [0.2, 0.25) is 0 Å². The second kappa shape index (κ2) is 8.95. The van der Waals surface area contributed by atoms with Crippen molar-refractivity contribution < 1.29 is 24.2 Å². The summed E-state index contributed by atoms with van der Waals surface area (Å²) in [7, 11) is 1.44. The number of methoxy groups -OCH3 is 1. The number of halogens is 1. The highest BCUT2D eigenvalue weighted by molar-refractivity contribution is 9.10. The van der Waals surface area contributed by atoms with Gasteiger partial charge in [-0.25, -0.2) is 10.2 Å². The fourth-order valence-corrected chi connectivity index (χ4v) is 2.37. The highest BCUT2D eigenvalue weighted by Crippen LogP contribution is 2.34. The van der Waals surface area contributed by atoms with Crippen LogP contribution >= 0.6 is 15.9 Å². The Morgan fingerprint density at radius 3 is 2.81 bits per heavy atom. The monoisotopic (exact) mass is 421 g/mol. The van der Waals surface area contributed by atoms with Crippen LogP contribution in [0.15, 0.2) is 46.2 Å². The minimum atomic E-state index is -1.12. The van der Waals surface area contributed by atoms with Gasteiger partial charge in [-0.15, -0.1) is 0 Å². The zero-order chi connectivity index (χ0) is 19.1. The number of nitrogens with zero attached hydrogens (tertiary/aromatic N) is 2. The summed E-state index contributed by atoms with van der Waals surface area (Å²) in [6, 6.07) is 6.53. The highest BCUT2D eigenvalue weighted by atomic mass is 79.9. The number of benzene rings is 1. The van der Waals surface area contributed by atoms with Crippen molar-refractivity contribution in [3.63, 3.8) is 0 Å². The van der Waals surface area contributed by atoms with E-state index in [1.54, 1.807) is 30.5 Å². The lowest BCUT2D eigenvalue weighted by Crippen LogP contribution is -2.24. The number of carboxylic acids is 1. The van der Waals surface area contributed by atoms with Crippen LogP contribution in [-0.4, -0.2) is 41.4 Å².